The minimum Gasteiger partial charge on any atom is -0.479 e. The Morgan fingerprint density at radius 3 is 2.78 bits per heavy atom. The van der Waals surface area contributed by atoms with Gasteiger partial charge in [0.2, 0.25) is 5.91 Å². The molecule has 0 aliphatic heterocycles. The van der Waals surface area contributed by atoms with Crippen LogP contribution in [0.4, 0.5) is 0 Å². The predicted octanol–water partition coefficient (Wildman–Crippen LogP) is 1.12. The highest BCUT2D eigenvalue weighted by molar-refractivity contribution is 7.10. The highest BCUT2D eigenvalue weighted by atomic mass is 32.1. The monoisotopic (exact) mass is 268 g/mol. The maximum Gasteiger partial charge on any atom is 0.331 e. The molecule has 0 aromatic carbocycles. The standard InChI is InChI=1S/C12H16N2O3S/c13-8-4-3-7(6-8)11(15)14-10(12(16)17)9-2-1-5-18-9/h1-2,5,7-8,10H,3-4,6,13H2,(H,14,15)(H,16,17). The number of carboxylic acids is 1. The Bertz CT molecular complexity index is 433. The van der Waals surface area contributed by atoms with E-state index in [-0.39, 0.29) is 17.9 Å². The lowest BCUT2D eigenvalue weighted by atomic mass is 10.1. The van der Waals surface area contributed by atoms with E-state index in [1.807, 2.05) is 0 Å². The fourth-order valence-corrected chi connectivity index (χ4v) is 2.99. The van der Waals surface area contributed by atoms with E-state index in [0.717, 1.165) is 12.8 Å². The van der Waals surface area contributed by atoms with E-state index in [4.69, 9.17) is 10.8 Å². The number of rotatable bonds is 4. The SMILES string of the molecule is NC1CCC(C(=O)NC(C(=O)O)c2cccs2)C1. The minimum absolute atomic E-state index is 0.0609. The molecule has 1 saturated carbocycles. The molecule has 1 heterocycles. The van der Waals surface area contributed by atoms with Crippen molar-refractivity contribution in [2.24, 2.45) is 11.7 Å². The van der Waals surface area contributed by atoms with E-state index in [1.165, 1.54) is 11.3 Å². The van der Waals surface area contributed by atoms with Crippen molar-refractivity contribution in [1.82, 2.24) is 5.32 Å². The van der Waals surface area contributed by atoms with Gasteiger partial charge in [-0.1, -0.05) is 6.07 Å². The molecule has 4 N–H and O–H groups in total. The van der Waals surface area contributed by atoms with Crippen molar-refractivity contribution in [3.05, 3.63) is 22.4 Å². The molecule has 1 aromatic rings. The topological polar surface area (TPSA) is 92.4 Å². The van der Waals surface area contributed by atoms with Gasteiger partial charge in [0.1, 0.15) is 0 Å². The Morgan fingerprint density at radius 2 is 2.28 bits per heavy atom. The zero-order valence-electron chi connectivity index (χ0n) is 9.83. The highest BCUT2D eigenvalue weighted by Gasteiger charge is 2.31. The Kier molecular flexibility index (Phi) is 3.98. The Morgan fingerprint density at radius 1 is 1.50 bits per heavy atom. The second-order valence-electron chi connectivity index (χ2n) is 4.57. The van der Waals surface area contributed by atoms with Crippen molar-refractivity contribution in [1.29, 1.82) is 0 Å². The lowest BCUT2D eigenvalue weighted by Crippen LogP contribution is -2.37. The van der Waals surface area contributed by atoms with Gasteiger partial charge in [0.25, 0.3) is 0 Å². The third-order valence-electron chi connectivity index (χ3n) is 3.21. The van der Waals surface area contributed by atoms with Crippen molar-refractivity contribution in [2.45, 2.75) is 31.3 Å². The van der Waals surface area contributed by atoms with Crippen molar-refractivity contribution in [2.75, 3.05) is 0 Å². The smallest absolute Gasteiger partial charge is 0.331 e. The predicted molar refractivity (Wildman–Crippen MR) is 68.2 cm³/mol. The van der Waals surface area contributed by atoms with E-state index < -0.39 is 12.0 Å². The lowest BCUT2D eigenvalue weighted by molar-refractivity contribution is -0.142. The van der Waals surface area contributed by atoms with Crippen LogP contribution in [0.15, 0.2) is 17.5 Å². The number of carbonyl (C=O) groups excluding carboxylic acids is 1. The zero-order chi connectivity index (χ0) is 13.1. The molecule has 3 atom stereocenters. The summed E-state index contributed by atoms with van der Waals surface area (Å²) in [6.45, 7) is 0. The molecule has 1 aromatic heterocycles. The summed E-state index contributed by atoms with van der Waals surface area (Å²) in [5.74, 6) is -1.39. The number of carbonyl (C=O) groups is 2. The average Bonchev–Trinajstić information content (AvgIpc) is 2.95. The van der Waals surface area contributed by atoms with E-state index >= 15 is 0 Å². The first-order chi connectivity index (χ1) is 8.58. The van der Waals surface area contributed by atoms with Gasteiger partial charge in [-0.25, -0.2) is 4.79 Å². The first-order valence-corrected chi connectivity index (χ1v) is 6.78. The summed E-state index contributed by atoms with van der Waals surface area (Å²) in [4.78, 5) is 23.8. The Hall–Kier alpha value is -1.40. The summed E-state index contributed by atoms with van der Waals surface area (Å²) in [6, 6.07) is 2.60. The van der Waals surface area contributed by atoms with Crippen LogP contribution in [0.1, 0.15) is 30.2 Å². The highest BCUT2D eigenvalue weighted by Crippen LogP contribution is 2.26. The molecule has 3 unspecified atom stereocenters. The number of hydrogen-bond acceptors (Lipinski definition) is 4. The van der Waals surface area contributed by atoms with Crippen LogP contribution in [-0.2, 0) is 9.59 Å². The number of nitrogens with one attached hydrogen (secondary N) is 1. The molecule has 1 amide bonds. The number of hydrogen-bond donors (Lipinski definition) is 3. The first-order valence-electron chi connectivity index (χ1n) is 5.90. The van der Waals surface area contributed by atoms with Crippen molar-refractivity contribution < 1.29 is 14.7 Å². The van der Waals surface area contributed by atoms with Gasteiger partial charge in [-0.2, -0.15) is 0 Å². The third kappa shape index (κ3) is 2.88. The fraction of sp³-hybridized carbons (Fsp3) is 0.500. The van der Waals surface area contributed by atoms with E-state index in [2.05, 4.69) is 5.32 Å². The van der Waals surface area contributed by atoms with Crippen molar-refractivity contribution in [3.8, 4) is 0 Å². The minimum atomic E-state index is -1.03. The summed E-state index contributed by atoms with van der Waals surface area (Å²) in [5, 5.41) is 13.5. The number of carboxylic acid groups (broad SMARTS) is 1. The molecule has 18 heavy (non-hydrogen) atoms. The first kappa shape index (κ1) is 13.0. The van der Waals surface area contributed by atoms with Crippen LogP contribution < -0.4 is 11.1 Å². The molecule has 6 heteroatoms. The second kappa shape index (κ2) is 5.49. The molecule has 98 valence electrons. The van der Waals surface area contributed by atoms with Gasteiger partial charge in [0.15, 0.2) is 6.04 Å². The summed E-state index contributed by atoms with van der Waals surface area (Å²) < 4.78 is 0. The Labute approximate surface area is 109 Å². The maximum absolute atomic E-state index is 12.0. The van der Waals surface area contributed by atoms with Crippen LogP contribution in [0.2, 0.25) is 0 Å². The van der Waals surface area contributed by atoms with Gasteiger partial charge in [-0.05, 0) is 30.7 Å². The van der Waals surface area contributed by atoms with Gasteiger partial charge in [0, 0.05) is 16.8 Å². The number of nitrogens with two attached hydrogens (primary N) is 1. The van der Waals surface area contributed by atoms with Crippen molar-refractivity contribution in [3.63, 3.8) is 0 Å². The molecule has 0 bridgehead atoms. The van der Waals surface area contributed by atoms with E-state index in [9.17, 15) is 9.59 Å². The summed E-state index contributed by atoms with van der Waals surface area (Å²) in [6.07, 6.45) is 2.21. The quantitative estimate of drug-likeness (QED) is 0.763. The molecule has 1 fully saturated rings. The molecule has 0 saturated heterocycles. The van der Waals surface area contributed by atoms with Crippen LogP contribution in [0, 0.1) is 5.92 Å². The van der Waals surface area contributed by atoms with Crippen LogP contribution in [0.5, 0.6) is 0 Å². The molecular weight excluding hydrogens is 252 g/mol. The largest absolute Gasteiger partial charge is 0.479 e. The van der Waals surface area contributed by atoms with Crippen LogP contribution in [-0.4, -0.2) is 23.0 Å². The average molecular weight is 268 g/mol. The molecule has 2 rings (SSSR count). The van der Waals surface area contributed by atoms with Gasteiger partial charge in [0.05, 0.1) is 0 Å². The van der Waals surface area contributed by atoms with Gasteiger partial charge < -0.3 is 16.2 Å². The van der Waals surface area contributed by atoms with E-state index in [0.29, 0.717) is 11.3 Å². The van der Waals surface area contributed by atoms with Crippen LogP contribution >= 0.6 is 11.3 Å². The van der Waals surface area contributed by atoms with E-state index in [1.54, 1.807) is 17.5 Å². The lowest BCUT2D eigenvalue weighted by Gasteiger charge is -2.16. The number of amides is 1. The molecule has 0 radical (unpaired) electrons. The second-order valence-corrected chi connectivity index (χ2v) is 5.54. The third-order valence-corrected chi connectivity index (χ3v) is 4.14. The van der Waals surface area contributed by atoms with Gasteiger partial charge in [-0.3, -0.25) is 4.79 Å². The summed E-state index contributed by atoms with van der Waals surface area (Å²) in [7, 11) is 0. The molecule has 1 aliphatic rings. The molecule has 5 nitrogen and oxygen atoms in total. The fourth-order valence-electron chi connectivity index (χ4n) is 2.22. The van der Waals surface area contributed by atoms with Gasteiger partial charge >= 0.3 is 5.97 Å². The van der Waals surface area contributed by atoms with Gasteiger partial charge in [-0.15, -0.1) is 11.3 Å². The summed E-state index contributed by atoms with van der Waals surface area (Å²) in [5.41, 5.74) is 5.75. The number of aliphatic carboxylic acids is 1. The zero-order valence-corrected chi connectivity index (χ0v) is 10.7. The molecule has 0 spiro atoms. The normalized spacial score (nSPS) is 24.7. The maximum atomic E-state index is 12.0. The number of thiophene rings is 1. The van der Waals surface area contributed by atoms with Crippen molar-refractivity contribution >= 4 is 23.2 Å². The molecular formula is C12H16N2O3S. The van der Waals surface area contributed by atoms with Crippen LogP contribution in [0.25, 0.3) is 0 Å². The molecule has 1 aliphatic carbocycles. The van der Waals surface area contributed by atoms with Crippen LogP contribution in [0.3, 0.4) is 0 Å². The summed E-state index contributed by atoms with van der Waals surface area (Å²) >= 11 is 1.32. The Balaban J connectivity index is 2.01.